The van der Waals surface area contributed by atoms with Gasteiger partial charge in [-0.3, -0.25) is 14.4 Å². The molecule has 0 amide bonds. The second-order valence-corrected chi connectivity index (χ2v) is 17.8. The summed E-state index contributed by atoms with van der Waals surface area (Å²) in [4.78, 5) is 38.0. The summed E-state index contributed by atoms with van der Waals surface area (Å²) in [5.74, 6) is -0.897. The van der Waals surface area contributed by atoms with E-state index >= 15 is 0 Å². The standard InChI is InChI=1S/C56H100O6/c1-4-7-10-13-16-19-22-25-28-31-34-37-40-43-46-49-55(58)61-52-53(51-60-54(57)48-45-42-39-36-33-30-27-24-21-18-15-12-9-6-3)62-56(59)50-47-44-41-38-35-32-29-26-23-20-17-14-11-8-5-2/h9,12,18-19,21-22,27,30,53H,4-8,10-11,13-17,20,23-26,28-29,31-52H2,1-3H3/b12-9-,21-18-,22-19-,30-27-. The number of esters is 3. The zero-order valence-electron chi connectivity index (χ0n) is 41.1. The van der Waals surface area contributed by atoms with Crippen LogP contribution in [0.4, 0.5) is 0 Å². The lowest BCUT2D eigenvalue weighted by molar-refractivity contribution is -0.167. The maximum atomic E-state index is 12.8. The molecule has 0 fully saturated rings. The van der Waals surface area contributed by atoms with Gasteiger partial charge < -0.3 is 14.2 Å². The smallest absolute Gasteiger partial charge is 0.306 e. The molecule has 6 heteroatoms. The van der Waals surface area contributed by atoms with E-state index < -0.39 is 6.10 Å². The summed E-state index contributed by atoms with van der Waals surface area (Å²) in [5.41, 5.74) is 0. The minimum absolute atomic E-state index is 0.0802. The monoisotopic (exact) mass is 869 g/mol. The molecule has 0 aromatic carbocycles. The third-order valence-electron chi connectivity index (χ3n) is 11.6. The van der Waals surface area contributed by atoms with Crippen LogP contribution < -0.4 is 0 Å². The van der Waals surface area contributed by atoms with Gasteiger partial charge in [0.25, 0.3) is 0 Å². The summed E-state index contributed by atoms with van der Waals surface area (Å²) >= 11 is 0. The quantitative estimate of drug-likeness (QED) is 0.0262. The van der Waals surface area contributed by atoms with Crippen molar-refractivity contribution >= 4 is 17.9 Å². The lowest BCUT2D eigenvalue weighted by Gasteiger charge is -2.18. The Balaban J connectivity index is 4.39. The van der Waals surface area contributed by atoms with Crippen LogP contribution in [0.15, 0.2) is 48.6 Å². The van der Waals surface area contributed by atoms with Gasteiger partial charge in [0.1, 0.15) is 13.2 Å². The molecule has 0 radical (unpaired) electrons. The third-order valence-corrected chi connectivity index (χ3v) is 11.6. The number of allylic oxidation sites excluding steroid dienone is 8. The van der Waals surface area contributed by atoms with Gasteiger partial charge in [-0.2, -0.15) is 0 Å². The summed E-state index contributed by atoms with van der Waals surface area (Å²) in [7, 11) is 0. The highest BCUT2D eigenvalue weighted by Gasteiger charge is 2.19. The zero-order valence-corrected chi connectivity index (χ0v) is 41.1. The minimum Gasteiger partial charge on any atom is -0.462 e. The molecule has 1 atom stereocenters. The van der Waals surface area contributed by atoms with Gasteiger partial charge >= 0.3 is 17.9 Å². The molecule has 360 valence electrons. The Bertz CT molecular complexity index is 1090. The fourth-order valence-electron chi connectivity index (χ4n) is 7.57. The predicted molar refractivity (Wildman–Crippen MR) is 265 cm³/mol. The first-order chi connectivity index (χ1) is 30.5. The molecule has 0 N–H and O–H groups in total. The van der Waals surface area contributed by atoms with Crippen molar-refractivity contribution in [1.82, 2.24) is 0 Å². The maximum absolute atomic E-state index is 12.8. The van der Waals surface area contributed by atoms with Crippen molar-refractivity contribution in [3.63, 3.8) is 0 Å². The van der Waals surface area contributed by atoms with E-state index in [4.69, 9.17) is 14.2 Å². The van der Waals surface area contributed by atoms with Gasteiger partial charge in [0.2, 0.25) is 0 Å². The van der Waals surface area contributed by atoms with Crippen LogP contribution in [-0.2, 0) is 28.6 Å². The molecule has 0 aromatic rings. The average Bonchev–Trinajstić information content (AvgIpc) is 3.27. The molecule has 0 aliphatic rings. The Hall–Kier alpha value is -2.63. The molecule has 0 saturated carbocycles. The minimum atomic E-state index is -0.780. The van der Waals surface area contributed by atoms with Crippen LogP contribution in [0.25, 0.3) is 0 Å². The number of carbonyl (C=O) groups excluding carboxylic acids is 3. The summed E-state index contributed by atoms with van der Waals surface area (Å²) < 4.78 is 16.8. The van der Waals surface area contributed by atoms with Crippen molar-refractivity contribution in [2.24, 2.45) is 0 Å². The maximum Gasteiger partial charge on any atom is 0.306 e. The van der Waals surface area contributed by atoms with E-state index in [0.717, 1.165) is 89.9 Å². The molecule has 1 unspecified atom stereocenters. The van der Waals surface area contributed by atoms with Crippen LogP contribution in [-0.4, -0.2) is 37.2 Å². The van der Waals surface area contributed by atoms with E-state index in [9.17, 15) is 14.4 Å². The first-order valence-electron chi connectivity index (χ1n) is 26.6. The van der Waals surface area contributed by atoms with E-state index in [0.29, 0.717) is 19.3 Å². The molecule has 0 aliphatic carbocycles. The van der Waals surface area contributed by atoms with Gasteiger partial charge in [-0.05, 0) is 77.0 Å². The van der Waals surface area contributed by atoms with Crippen LogP contribution in [0.3, 0.4) is 0 Å². The first kappa shape index (κ1) is 59.4. The SMILES string of the molecule is CC/C=C\C/C=C\C/C=C\CCCCCCC(=O)OCC(COC(=O)CCCCCCCCC/C=C\CCCCCC)OC(=O)CCCCCCCCCCCCCCCCC. The first-order valence-corrected chi connectivity index (χ1v) is 26.6. The van der Waals surface area contributed by atoms with E-state index in [1.165, 1.54) is 141 Å². The fourth-order valence-corrected chi connectivity index (χ4v) is 7.57. The van der Waals surface area contributed by atoms with Gasteiger partial charge in [-0.25, -0.2) is 0 Å². The molecule has 62 heavy (non-hydrogen) atoms. The van der Waals surface area contributed by atoms with Crippen LogP contribution >= 0.6 is 0 Å². The number of carbonyl (C=O) groups is 3. The lowest BCUT2D eigenvalue weighted by Crippen LogP contribution is -2.30. The molecule has 0 heterocycles. The lowest BCUT2D eigenvalue weighted by atomic mass is 10.0. The normalized spacial score (nSPS) is 12.4. The molecule has 0 aromatic heterocycles. The summed E-state index contributed by atoms with van der Waals surface area (Å²) in [6, 6.07) is 0. The van der Waals surface area contributed by atoms with Gasteiger partial charge in [0, 0.05) is 19.3 Å². The average molecular weight is 869 g/mol. The van der Waals surface area contributed by atoms with Crippen molar-refractivity contribution in [3.8, 4) is 0 Å². The predicted octanol–water partition coefficient (Wildman–Crippen LogP) is 17.5. The van der Waals surface area contributed by atoms with E-state index in [1.54, 1.807) is 0 Å². The summed E-state index contributed by atoms with van der Waals surface area (Å²) in [6.45, 7) is 6.51. The number of rotatable bonds is 48. The Morgan fingerprint density at radius 2 is 0.629 bits per heavy atom. The van der Waals surface area contributed by atoms with Gasteiger partial charge in [0.05, 0.1) is 0 Å². The summed E-state index contributed by atoms with van der Waals surface area (Å²) in [5, 5.41) is 0. The van der Waals surface area contributed by atoms with Crippen molar-refractivity contribution < 1.29 is 28.6 Å². The van der Waals surface area contributed by atoms with Crippen molar-refractivity contribution in [1.29, 1.82) is 0 Å². The molecule has 0 rings (SSSR count). The second kappa shape index (κ2) is 51.0. The second-order valence-electron chi connectivity index (χ2n) is 17.8. The van der Waals surface area contributed by atoms with Crippen LogP contribution in [0.1, 0.15) is 271 Å². The Morgan fingerprint density at radius 1 is 0.339 bits per heavy atom. The Morgan fingerprint density at radius 3 is 1.02 bits per heavy atom. The third kappa shape index (κ3) is 48.4. The highest BCUT2D eigenvalue weighted by molar-refractivity contribution is 5.71. The molecular formula is C56H100O6. The largest absolute Gasteiger partial charge is 0.462 e. The number of ether oxygens (including phenoxy) is 3. The Kier molecular flexibility index (Phi) is 48.8. The number of hydrogen-bond acceptors (Lipinski definition) is 6. The van der Waals surface area contributed by atoms with E-state index in [1.807, 2.05) is 0 Å². The number of hydrogen-bond donors (Lipinski definition) is 0. The molecule has 0 saturated heterocycles. The van der Waals surface area contributed by atoms with Crippen LogP contribution in [0.5, 0.6) is 0 Å². The van der Waals surface area contributed by atoms with E-state index in [2.05, 4.69) is 69.4 Å². The van der Waals surface area contributed by atoms with Crippen molar-refractivity contribution in [2.75, 3.05) is 13.2 Å². The molecule has 0 spiro atoms. The van der Waals surface area contributed by atoms with E-state index in [-0.39, 0.29) is 31.1 Å². The topological polar surface area (TPSA) is 78.9 Å². The molecular weight excluding hydrogens is 769 g/mol. The van der Waals surface area contributed by atoms with Crippen LogP contribution in [0.2, 0.25) is 0 Å². The molecule has 0 aliphatic heterocycles. The van der Waals surface area contributed by atoms with Crippen molar-refractivity contribution in [2.45, 2.75) is 277 Å². The summed E-state index contributed by atoms with van der Waals surface area (Å²) in [6.07, 6.45) is 60.9. The van der Waals surface area contributed by atoms with Crippen molar-refractivity contribution in [3.05, 3.63) is 48.6 Å². The highest BCUT2D eigenvalue weighted by Crippen LogP contribution is 2.16. The molecule has 0 bridgehead atoms. The molecule has 6 nitrogen and oxygen atoms in total. The van der Waals surface area contributed by atoms with Gasteiger partial charge in [0.15, 0.2) is 6.10 Å². The Labute approximate surface area is 384 Å². The highest BCUT2D eigenvalue weighted by atomic mass is 16.6. The van der Waals surface area contributed by atoms with Crippen LogP contribution in [0, 0.1) is 0 Å². The zero-order chi connectivity index (χ0) is 45.1. The van der Waals surface area contributed by atoms with Gasteiger partial charge in [-0.1, -0.05) is 223 Å². The van der Waals surface area contributed by atoms with Gasteiger partial charge in [-0.15, -0.1) is 0 Å². The number of unbranched alkanes of at least 4 members (excludes halogenated alkanes) is 29. The fraction of sp³-hybridized carbons (Fsp3) is 0.804.